The quantitative estimate of drug-likeness (QED) is 0.918. The molecule has 1 aliphatic rings. The van der Waals surface area contributed by atoms with Crippen LogP contribution in [0.4, 0.5) is 11.6 Å². The molecule has 19 heavy (non-hydrogen) atoms. The van der Waals surface area contributed by atoms with Crippen molar-refractivity contribution in [2.45, 2.75) is 25.8 Å². The molecule has 6 heteroatoms. The highest BCUT2D eigenvalue weighted by Gasteiger charge is 2.23. The topological polar surface area (TPSA) is 44.3 Å². The number of nitrogens with zero attached hydrogens (tertiary/aromatic N) is 4. The van der Waals surface area contributed by atoms with Crippen LogP contribution >= 0.6 is 15.9 Å². The summed E-state index contributed by atoms with van der Waals surface area (Å²) in [5, 5.41) is 3.25. The van der Waals surface area contributed by atoms with E-state index < -0.39 is 0 Å². The molecule has 1 aliphatic heterocycles. The summed E-state index contributed by atoms with van der Waals surface area (Å²) in [6, 6.07) is 0.553. The molecular formula is C13H22BrN5. The van der Waals surface area contributed by atoms with E-state index in [1.54, 1.807) is 6.33 Å². The second-order valence-corrected chi connectivity index (χ2v) is 5.83. The monoisotopic (exact) mass is 327 g/mol. The Morgan fingerprint density at radius 1 is 1.42 bits per heavy atom. The molecule has 1 saturated heterocycles. The Balaban J connectivity index is 2.14. The van der Waals surface area contributed by atoms with Gasteiger partial charge in [-0.3, -0.25) is 0 Å². The molecule has 0 atom stereocenters. The predicted octanol–water partition coefficient (Wildman–Crippen LogP) is 2.20. The second-order valence-electron chi connectivity index (χ2n) is 5.04. The lowest BCUT2D eigenvalue weighted by Crippen LogP contribution is -2.42. The van der Waals surface area contributed by atoms with Gasteiger partial charge >= 0.3 is 0 Å². The number of rotatable bonds is 4. The third kappa shape index (κ3) is 3.36. The van der Waals surface area contributed by atoms with Crippen LogP contribution in [0.5, 0.6) is 0 Å². The molecule has 2 rings (SSSR count). The van der Waals surface area contributed by atoms with E-state index >= 15 is 0 Å². The van der Waals surface area contributed by atoms with Crippen molar-refractivity contribution in [1.82, 2.24) is 14.9 Å². The summed E-state index contributed by atoms with van der Waals surface area (Å²) in [6.07, 6.45) is 3.99. The Kier molecular flexibility index (Phi) is 4.99. The van der Waals surface area contributed by atoms with Gasteiger partial charge in [-0.15, -0.1) is 0 Å². The maximum Gasteiger partial charge on any atom is 0.148 e. The molecule has 2 heterocycles. The van der Waals surface area contributed by atoms with Crippen molar-refractivity contribution < 1.29 is 0 Å². The molecule has 1 aromatic rings. The minimum absolute atomic E-state index is 0.553. The molecule has 106 valence electrons. The highest BCUT2D eigenvalue weighted by molar-refractivity contribution is 9.10. The van der Waals surface area contributed by atoms with Crippen LogP contribution in [-0.4, -0.2) is 54.6 Å². The minimum atomic E-state index is 0.553. The van der Waals surface area contributed by atoms with Gasteiger partial charge in [-0.2, -0.15) is 0 Å². The molecule has 0 bridgehead atoms. The van der Waals surface area contributed by atoms with Gasteiger partial charge < -0.3 is 15.1 Å². The highest BCUT2D eigenvalue weighted by Crippen LogP contribution is 2.31. The third-order valence-electron chi connectivity index (χ3n) is 3.69. The molecule has 0 aliphatic carbocycles. The number of halogens is 1. The van der Waals surface area contributed by atoms with E-state index in [-0.39, 0.29) is 0 Å². The van der Waals surface area contributed by atoms with Gasteiger partial charge in [0.15, 0.2) is 0 Å². The number of anilines is 2. The summed E-state index contributed by atoms with van der Waals surface area (Å²) < 4.78 is 0.957. The molecule has 1 aromatic heterocycles. The van der Waals surface area contributed by atoms with Crippen LogP contribution in [-0.2, 0) is 0 Å². The summed E-state index contributed by atoms with van der Waals surface area (Å²) in [5.41, 5.74) is 0. The number of aromatic nitrogens is 2. The van der Waals surface area contributed by atoms with E-state index in [4.69, 9.17) is 0 Å². The van der Waals surface area contributed by atoms with Gasteiger partial charge in [0.25, 0.3) is 0 Å². The van der Waals surface area contributed by atoms with Gasteiger partial charge in [0.1, 0.15) is 22.4 Å². The van der Waals surface area contributed by atoms with E-state index in [0.29, 0.717) is 6.04 Å². The van der Waals surface area contributed by atoms with Gasteiger partial charge in [0, 0.05) is 19.6 Å². The lowest BCUT2D eigenvalue weighted by Gasteiger charge is -2.36. The lowest BCUT2D eigenvalue weighted by molar-refractivity contribution is 0.252. The normalized spacial score (nSPS) is 17.5. The molecule has 1 fully saturated rings. The zero-order valence-corrected chi connectivity index (χ0v) is 13.4. The first kappa shape index (κ1) is 14.5. The first-order valence-electron chi connectivity index (χ1n) is 6.79. The van der Waals surface area contributed by atoms with Crippen LogP contribution in [0.1, 0.15) is 19.8 Å². The Labute approximate surface area is 123 Å². The van der Waals surface area contributed by atoms with Crippen molar-refractivity contribution in [3.63, 3.8) is 0 Å². The third-order valence-corrected chi connectivity index (χ3v) is 4.42. The van der Waals surface area contributed by atoms with Gasteiger partial charge in [-0.1, -0.05) is 0 Å². The zero-order chi connectivity index (χ0) is 13.8. The van der Waals surface area contributed by atoms with Crippen LogP contribution in [0, 0.1) is 0 Å². The van der Waals surface area contributed by atoms with Crippen LogP contribution in [0.25, 0.3) is 0 Å². The maximum atomic E-state index is 4.43. The summed E-state index contributed by atoms with van der Waals surface area (Å²) in [4.78, 5) is 13.3. The van der Waals surface area contributed by atoms with Gasteiger partial charge in [-0.05, 0) is 55.8 Å². The fraction of sp³-hybridized carbons (Fsp3) is 0.692. The largest absolute Gasteiger partial charge is 0.369 e. The van der Waals surface area contributed by atoms with E-state index in [9.17, 15) is 0 Å². The van der Waals surface area contributed by atoms with Crippen molar-refractivity contribution in [1.29, 1.82) is 0 Å². The summed E-state index contributed by atoms with van der Waals surface area (Å²) in [6.45, 7) is 5.22. The number of nitrogens with one attached hydrogen (secondary N) is 1. The molecule has 5 nitrogen and oxygen atoms in total. The molecule has 0 aromatic carbocycles. The molecule has 0 radical (unpaired) electrons. The van der Waals surface area contributed by atoms with E-state index in [1.807, 2.05) is 0 Å². The fourth-order valence-corrected chi connectivity index (χ4v) is 3.08. The van der Waals surface area contributed by atoms with E-state index in [1.165, 1.54) is 12.8 Å². The summed E-state index contributed by atoms with van der Waals surface area (Å²) >= 11 is 3.62. The molecule has 0 amide bonds. The molecule has 0 spiro atoms. The SMILES string of the molecule is CCNc1ncnc(N(C)C2CCN(C)CC2)c1Br. The van der Waals surface area contributed by atoms with Crippen LogP contribution < -0.4 is 10.2 Å². The summed E-state index contributed by atoms with van der Waals surface area (Å²) in [5.74, 6) is 1.84. The van der Waals surface area contributed by atoms with Crippen molar-refractivity contribution in [2.24, 2.45) is 0 Å². The van der Waals surface area contributed by atoms with Crippen LogP contribution in [0.3, 0.4) is 0 Å². The van der Waals surface area contributed by atoms with Gasteiger partial charge in [0.2, 0.25) is 0 Å². The molecule has 0 unspecified atom stereocenters. The number of hydrogen-bond donors (Lipinski definition) is 1. The van der Waals surface area contributed by atoms with E-state index in [0.717, 1.165) is 35.7 Å². The predicted molar refractivity (Wildman–Crippen MR) is 82.8 cm³/mol. The van der Waals surface area contributed by atoms with Crippen molar-refractivity contribution in [3.05, 3.63) is 10.8 Å². The Bertz CT molecular complexity index is 417. The van der Waals surface area contributed by atoms with Crippen molar-refractivity contribution in [3.8, 4) is 0 Å². The first-order chi connectivity index (χ1) is 9.13. The van der Waals surface area contributed by atoms with Gasteiger partial charge in [-0.25, -0.2) is 9.97 Å². The maximum absolute atomic E-state index is 4.43. The molecule has 1 N–H and O–H groups in total. The lowest BCUT2D eigenvalue weighted by atomic mass is 10.0. The minimum Gasteiger partial charge on any atom is -0.369 e. The Morgan fingerprint density at radius 2 is 2.11 bits per heavy atom. The molecule has 0 saturated carbocycles. The van der Waals surface area contributed by atoms with Crippen molar-refractivity contribution in [2.75, 3.05) is 43.9 Å². The number of piperidine rings is 1. The average Bonchev–Trinajstić information content (AvgIpc) is 2.41. The van der Waals surface area contributed by atoms with E-state index in [2.05, 4.69) is 62.0 Å². The number of hydrogen-bond acceptors (Lipinski definition) is 5. The second kappa shape index (κ2) is 6.52. The smallest absolute Gasteiger partial charge is 0.148 e. The first-order valence-corrected chi connectivity index (χ1v) is 7.58. The summed E-state index contributed by atoms with van der Waals surface area (Å²) in [7, 11) is 4.30. The van der Waals surface area contributed by atoms with Crippen molar-refractivity contribution >= 4 is 27.6 Å². The van der Waals surface area contributed by atoms with Gasteiger partial charge in [0.05, 0.1) is 0 Å². The average molecular weight is 328 g/mol. The Morgan fingerprint density at radius 3 is 2.74 bits per heavy atom. The zero-order valence-electron chi connectivity index (χ0n) is 11.9. The van der Waals surface area contributed by atoms with Crippen LogP contribution in [0.2, 0.25) is 0 Å². The highest BCUT2D eigenvalue weighted by atomic mass is 79.9. The number of likely N-dealkylation sites (tertiary alicyclic amines) is 1. The fourth-order valence-electron chi connectivity index (χ4n) is 2.45. The van der Waals surface area contributed by atoms with Crippen LogP contribution in [0.15, 0.2) is 10.8 Å². The Hall–Kier alpha value is -0.880. The standard InChI is InChI=1S/C13H22BrN5/c1-4-15-12-11(14)13(17-9-16-12)19(3)10-5-7-18(2)8-6-10/h9-10H,4-8H2,1-3H3,(H,15,16,17). The molecular weight excluding hydrogens is 306 g/mol.